The summed E-state index contributed by atoms with van der Waals surface area (Å²) in [6.07, 6.45) is 0. The molecule has 0 saturated carbocycles. The molecule has 2 aromatic carbocycles. The van der Waals surface area contributed by atoms with Crippen LogP contribution in [0, 0.1) is 12.7 Å². The van der Waals surface area contributed by atoms with Crippen molar-refractivity contribution in [1.29, 1.82) is 0 Å². The first-order chi connectivity index (χ1) is 11.3. The molecular weight excluding hydrogens is 371 g/mol. The highest BCUT2D eigenvalue weighted by Crippen LogP contribution is 2.26. The van der Waals surface area contributed by atoms with E-state index in [0.29, 0.717) is 5.69 Å². The zero-order valence-electron chi connectivity index (χ0n) is 12.5. The van der Waals surface area contributed by atoms with E-state index in [1.165, 1.54) is 11.3 Å². The fourth-order valence-corrected chi connectivity index (χ4v) is 4.04. The molecule has 0 aliphatic rings. The first-order valence-electron chi connectivity index (χ1n) is 6.85. The molecule has 8 heteroatoms. The third-order valence-electron chi connectivity index (χ3n) is 3.23. The standard InChI is InChI=1S/C16H12ClFN2O2S2/c1-10-19-16(9-23-10)11-3-2-4-12(7-11)20-24(21,22)13-5-6-15(18)14(17)8-13/h2-9,20H,1H3. The molecule has 124 valence electrons. The van der Waals surface area contributed by atoms with Crippen LogP contribution in [-0.4, -0.2) is 13.4 Å². The number of hydrogen-bond acceptors (Lipinski definition) is 4. The predicted molar refractivity (Wildman–Crippen MR) is 94.5 cm³/mol. The molecule has 0 amide bonds. The quantitative estimate of drug-likeness (QED) is 0.710. The number of nitrogens with zero attached hydrogens (tertiary/aromatic N) is 1. The molecule has 0 saturated heterocycles. The summed E-state index contributed by atoms with van der Waals surface area (Å²) in [5.41, 5.74) is 1.97. The van der Waals surface area contributed by atoms with Crippen LogP contribution in [0.4, 0.5) is 10.1 Å². The Morgan fingerprint density at radius 3 is 2.67 bits per heavy atom. The second kappa shape index (κ2) is 6.51. The number of anilines is 1. The molecule has 0 radical (unpaired) electrons. The monoisotopic (exact) mass is 382 g/mol. The second-order valence-electron chi connectivity index (χ2n) is 5.01. The average Bonchev–Trinajstić information content (AvgIpc) is 2.96. The van der Waals surface area contributed by atoms with Gasteiger partial charge in [0.1, 0.15) is 5.82 Å². The van der Waals surface area contributed by atoms with Crippen molar-refractivity contribution in [2.45, 2.75) is 11.8 Å². The van der Waals surface area contributed by atoms with Crippen molar-refractivity contribution < 1.29 is 12.8 Å². The van der Waals surface area contributed by atoms with E-state index in [9.17, 15) is 12.8 Å². The van der Waals surface area contributed by atoms with E-state index in [1.807, 2.05) is 18.4 Å². The van der Waals surface area contributed by atoms with E-state index < -0.39 is 15.8 Å². The van der Waals surface area contributed by atoms with Gasteiger partial charge in [0.25, 0.3) is 10.0 Å². The topological polar surface area (TPSA) is 59.1 Å². The maximum Gasteiger partial charge on any atom is 0.261 e. The Morgan fingerprint density at radius 2 is 2.00 bits per heavy atom. The van der Waals surface area contributed by atoms with Gasteiger partial charge in [-0.3, -0.25) is 4.72 Å². The van der Waals surface area contributed by atoms with Crippen LogP contribution < -0.4 is 4.72 Å². The average molecular weight is 383 g/mol. The van der Waals surface area contributed by atoms with Gasteiger partial charge < -0.3 is 0 Å². The Kier molecular flexibility index (Phi) is 4.58. The van der Waals surface area contributed by atoms with Crippen LogP contribution in [0.2, 0.25) is 5.02 Å². The van der Waals surface area contributed by atoms with Crippen molar-refractivity contribution in [2.24, 2.45) is 0 Å². The molecule has 0 aliphatic heterocycles. The minimum Gasteiger partial charge on any atom is -0.280 e. The summed E-state index contributed by atoms with van der Waals surface area (Å²) in [5.74, 6) is -0.670. The van der Waals surface area contributed by atoms with Crippen LogP contribution in [-0.2, 0) is 10.0 Å². The molecule has 4 nitrogen and oxygen atoms in total. The van der Waals surface area contributed by atoms with Crippen LogP contribution in [0.25, 0.3) is 11.3 Å². The van der Waals surface area contributed by atoms with Crippen LogP contribution in [0.1, 0.15) is 5.01 Å². The maximum absolute atomic E-state index is 13.2. The number of aryl methyl sites for hydroxylation is 1. The lowest BCUT2D eigenvalue weighted by Gasteiger charge is -2.09. The molecule has 1 aromatic heterocycles. The highest BCUT2D eigenvalue weighted by atomic mass is 35.5. The number of nitrogens with one attached hydrogen (secondary N) is 1. The number of rotatable bonds is 4. The van der Waals surface area contributed by atoms with E-state index in [0.717, 1.165) is 34.5 Å². The van der Waals surface area contributed by atoms with Gasteiger partial charge in [0.05, 0.1) is 20.6 Å². The van der Waals surface area contributed by atoms with Gasteiger partial charge in [-0.1, -0.05) is 23.7 Å². The van der Waals surface area contributed by atoms with E-state index in [4.69, 9.17) is 11.6 Å². The molecule has 0 fully saturated rings. The van der Waals surface area contributed by atoms with Crippen molar-refractivity contribution >= 4 is 38.6 Å². The van der Waals surface area contributed by atoms with Crippen molar-refractivity contribution in [3.05, 3.63) is 63.7 Å². The molecule has 0 atom stereocenters. The van der Waals surface area contributed by atoms with Gasteiger partial charge in [0.15, 0.2) is 0 Å². The van der Waals surface area contributed by atoms with E-state index in [1.54, 1.807) is 18.2 Å². The summed E-state index contributed by atoms with van der Waals surface area (Å²) >= 11 is 7.17. The predicted octanol–water partition coefficient (Wildman–Crippen LogP) is 4.71. The van der Waals surface area contributed by atoms with E-state index in [2.05, 4.69) is 9.71 Å². The molecule has 1 N–H and O–H groups in total. The first-order valence-corrected chi connectivity index (χ1v) is 9.60. The molecule has 1 heterocycles. The zero-order valence-corrected chi connectivity index (χ0v) is 14.8. The SMILES string of the molecule is Cc1nc(-c2cccc(NS(=O)(=O)c3ccc(F)c(Cl)c3)c2)cs1. The Bertz CT molecular complexity index is 1000. The van der Waals surface area contributed by atoms with Crippen molar-refractivity contribution in [1.82, 2.24) is 4.98 Å². The number of aromatic nitrogens is 1. The van der Waals surface area contributed by atoms with Crippen LogP contribution in [0.15, 0.2) is 52.7 Å². The smallest absolute Gasteiger partial charge is 0.261 e. The summed E-state index contributed by atoms with van der Waals surface area (Å²) < 4.78 is 40.5. The molecular formula is C16H12ClFN2O2S2. The van der Waals surface area contributed by atoms with E-state index in [-0.39, 0.29) is 9.92 Å². The van der Waals surface area contributed by atoms with Crippen molar-refractivity contribution in [3.8, 4) is 11.3 Å². The zero-order chi connectivity index (χ0) is 17.3. The summed E-state index contributed by atoms with van der Waals surface area (Å²) in [7, 11) is -3.87. The Labute approximate surface area is 148 Å². The third kappa shape index (κ3) is 3.58. The minimum atomic E-state index is -3.87. The van der Waals surface area contributed by atoms with E-state index >= 15 is 0 Å². The molecule has 3 rings (SSSR count). The normalized spacial score (nSPS) is 11.5. The number of thiazole rings is 1. The third-order valence-corrected chi connectivity index (χ3v) is 5.67. The fourth-order valence-electron chi connectivity index (χ4n) is 2.10. The summed E-state index contributed by atoms with van der Waals surface area (Å²) in [6.45, 7) is 1.90. The highest BCUT2D eigenvalue weighted by Gasteiger charge is 2.16. The van der Waals surface area contributed by atoms with Crippen molar-refractivity contribution in [3.63, 3.8) is 0 Å². The van der Waals surface area contributed by atoms with Crippen LogP contribution in [0.5, 0.6) is 0 Å². The fraction of sp³-hybridized carbons (Fsp3) is 0.0625. The molecule has 0 spiro atoms. The van der Waals surface area contributed by atoms with Gasteiger partial charge in [-0.05, 0) is 37.3 Å². The summed E-state index contributed by atoms with van der Waals surface area (Å²) in [6, 6.07) is 10.2. The molecule has 3 aromatic rings. The minimum absolute atomic E-state index is 0.108. The summed E-state index contributed by atoms with van der Waals surface area (Å²) in [5, 5.41) is 2.59. The Balaban J connectivity index is 1.91. The Morgan fingerprint density at radius 1 is 1.21 bits per heavy atom. The highest BCUT2D eigenvalue weighted by molar-refractivity contribution is 7.92. The van der Waals surface area contributed by atoms with Crippen molar-refractivity contribution in [2.75, 3.05) is 4.72 Å². The largest absolute Gasteiger partial charge is 0.280 e. The molecule has 0 aliphatic carbocycles. The van der Waals surface area contributed by atoms with Gasteiger partial charge >= 0.3 is 0 Å². The number of benzene rings is 2. The van der Waals surface area contributed by atoms with Crippen LogP contribution >= 0.6 is 22.9 Å². The lowest BCUT2D eigenvalue weighted by atomic mass is 10.1. The second-order valence-corrected chi connectivity index (χ2v) is 8.17. The van der Waals surface area contributed by atoms with Gasteiger partial charge in [-0.25, -0.2) is 17.8 Å². The van der Waals surface area contributed by atoms with Gasteiger partial charge in [0, 0.05) is 16.6 Å². The lowest BCUT2D eigenvalue weighted by Crippen LogP contribution is -2.13. The number of sulfonamides is 1. The first kappa shape index (κ1) is 16.9. The molecule has 0 unspecified atom stereocenters. The molecule has 0 bridgehead atoms. The number of hydrogen-bond donors (Lipinski definition) is 1. The molecule has 24 heavy (non-hydrogen) atoms. The lowest BCUT2D eigenvalue weighted by molar-refractivity contribution is 0.599. The van der Waals surface area contributed by atoms with Crippen LogP contribution in [0.3, 0.4) is 0 Å². The Hall–Kier alpha value is -1.96. The van der Waals surface area contributed by atoms with Gasteiger partial charge in [0.2, 0.25) is 0 Å². The summed E-state index contributed by atoms with van der Waals surface area (Å²) in [4.78, 5) is 4.27. The van der Waals surface area contributed by atoms with Gasteiger partial charge in [-0.15, -0.1) is 11.3 Å². The van der Waals surface area contributed by atoms with Gasteiger partial charge in [-0.2, -0.15) is 0 Å². The maximum atomic E-state index is 13.2. The number of halogens is 2.